The Balaban J connectivity index is 0. The number of halogens is 2. The zero-order chi connectivity index (χ0) is 7.72. The van der Waals surface area contributed by atoms with E-state index >= 15 is 0 Å². The number of hydrogen-bond donors (Lipinski definition) is 2. The summed E-state index contributed by atoms with van der Waals surface area (Å²) in [5, 5.41) is 3.65. The zero-order valence-electron chi connectivity index (χ0n) is 6.80. The van der Waals surface area contributed by atoms with Crippen molar-refractivity contribution in [3.05, 3.63) is 0 Å². The number of carbonyl (C=O) groups excluding carboxylic acids is 2. The van der Waals surface area contributed by atoms with E-state index in [1.165, 1.54) is 5.32 Å². The van der Waals surface area contributed by atoms with Crippen LogP contribution in [0.1, 0.15) is 13.8 Å². The molecule has 1 fully saturated rings. The normalized spacial score (nSPS) is 21.4. The smallest absolute Gasteiger partial charge is 0.420 e. The lowest BCUT2D eigenvalue weighted by atomic mass is 10.1. The van der Waals surface area contributed by atoms with Crippen LogP contribution in [0.25, 0.3) is 0 Å². The van der Waals surface area contributed by atoms with Gasteiger partial charge in [-0.25, -0.2) is 10.1 Å². The Morgan fingerprint density at radius 2 is 1.83 bits per heavy atom. The molecule has 0 aliphatic carbocycles. The summed E-state index contributed by atoms with van der Waals surface area (Å²) in [5.74, 6) is 0.0476. The Morgan fingerprint density at radius 1 is 1.33 bits per heavy atom. The van der Waals surface area contributed by atoms with Crippen LogP contribution in [0.2, 0.25) is 0 Å². The molecule has 1 aliphatic rings. The van der Waals surface area contributed by atoms with Crippen molar-refractivity contribution in [1.82, 2.24) is 5.32 Å². The molecule has 0 aromatic carbocycles. The van der Waals surface area contributed by atoms with Crippen LogP contribution < -0.4 is 35.4 Å². The van der Waals surface area contributed by atoms with Gasteiger partial charge < -0.3 is 24.8 Å². The van der Waals surface area contributed by atoms with Gasteiger partial charge in [-0.2, -0.15) is 0 Å². The molecular formula is C6H11Cl2N2O2-. The molecule has 0 aromatic rings. The van der Waals surface area contributed by atoms with Gasteiger partial charge in [0, 0.05) is 5.92 Å². The first kappa shape index (κ1) is 14.2. The molecule has 72 valence electrons. The fraction of sp³-hybridized carbons (Fsp3) is 0.667. The van der Waals surface area contributed by atoms with Crippen molar-refractivity contribution in [3.63, 3.8) is 0 Å². The van der Waals surface area contributed by atoms with Gasteiger partial charge in [0.05, 0.1) is 0 Å². The number of quaternary nitrogens is 1. The van der Waals surface area contributed by atoms with E-state index in [1.54, 1.807) is 0 Å². The number of rotatable bonds is 1. The third kappa shape index (κ3) is 2.97. The first-order chi connectivity index (χ1) is 4.61. The minimum Gasteiger partial charge on any atom is -1.00 e. The molecule has 1 saturated heterocycles. The number of hydrogen-bond acceptors (Lipinski definition) is 2. The van der Waals surface area contributed by atoms with E-state index in [0.717, 1.165) is 0 Å². The van der Waals surface area contributed by atoms with Crippen molar-refractivity contribution in [1.29, 1.82) is 0 Å². The van der Waals surface area contributed by atoms with Crippen LogP contribution in [0, 0.1) is 5.92 Å². The fourth-order valence-corrected chi connectivity index (χ4v) is 0.980. The number of imide groups is 1. The van der Waals surface area contributed by atoms with E-state index in [-0.39, 0.29) is 48.7 Å². The molecule has 0 saturated carbocycles. The SMILES string of the molecule is CC(C)C1[NH2+]C(=O)NC1=O.[Cl-].[Cl-]. The summed E-state index contributed by atoms with van der Waals surface area (Å²) >= 11 is 0. The van der Waals surface area contributed by atoms with Gasteiger partial charge in [0.2, 0.25) is 0 Å². The van der Waals surface area contributed by atoms with E-state index in [1.807, 2.05) is 13.8 Å². The maximum atomic E-state index is 10.9. The molecule has 0 aromatic heterocycles. The summed E-state index contributed by atoms with van der Waals surface area (Å²) in [5.41, 5.74) is 0. The van der Waals surface area contributed by atoms with Crippen LogP contribution in [0.3, 0.4) is 0 Å². The van der Waals surface area contributed by atoms with E-state index in [0.29, 0.717) is 0 Å². The van der Waals surface area contributed by atoms with Crippen molar-refractivity contribution >= 4 is 11.9 Å². The van der Waals surface area contributed by atoms with Gasteiger partial charge in [-0.05, 0) is 0 Å². The van der Waals surface area contributed by atoms with Crippen LogP contribution in [-0.2, 0) is 4.79 Å². The lowest BCUT2D eigenvalue weighted by Gasteiger charge is -2.04. The molecule has 3 N–H and O–H groups in total. The average molecular weight is 214 g/mol. The zero-order valence-corrected chi connectivity index (χ0v) is 8.32. The second-order valence-corrected chi connectivity index (χ2v) is 2.79. The van der Waals surface area contributed by atoms with E-state index in [2.05, 4.69) is 5.32 Å². The van der Waals surface area contributed by atoms with Gasteiger partial charge >= 0.3 is 6.03 Å². The Morgan fingerprint density at radius 3 is 2.00 bits per heavy atom. The van der Waals surface area contributed by atoms with Gasteiger partial charge in [-0.1, -0.05) is 13.8 Å². The highest BCUT2D eigenvalue weighted by Crippen LogP contribution is 1.98. The quantitative estimate of drug-likeness (QED) is 0.426. The first-order valence-corrected chi connectivity index (χ1v) is 3.31. The molecule has 1 atom stereocenters. The molecular weight excluding hydrogens is 203 g/mol. The van der Waals surface area contributed by atoms with Gasteiger partial charge in [0.25, 0.3) is 5.91 Å². The van der Waals surface area contributed by atoms with Crippen molar-refractivity contribution < 1.29 is 39.7 Å². The highest BCUT2D eigenvalue weighted by Gasteiger charge is 2.36. The van der Waals surface area contributed by atoms with Gasteiger partial charge in [-0.15, -0.1) is 0 Å². The number of urea groups is 1. The molecule has 1 rings (SSSR count). The lowest BCUT2D eigenvalue weighted by Crippen LogP contribution is -3.00. The standard InChI is InChI=1S/C6H10N2O2.2ClH/c1-3(2)4-5(9)8-6(10)7-4;;/h3-4H,1-2H3,(H2,7,8,9,10);2*1H/p-1. The van der Waals surface area contributed by atoms with Crippen molar-refractivity contribution in [3.8, 4) is 0 Å². The van der Waals surface area contributed by atoms with Crippen LogP contribution in [0.5, 0.6) is 0 Å². The number of nitrogens with two attached hydrogens (primary N) is 1. The van der Waals surface area contributed by atoms with Crippen LogP contribution in [-0.4, -0.2) is 18.0 Å². The van der Waals surface area contributed by atoms with Crippen LogP contribution >= 0.6 is 0 Å². The molecule has 12 heavy (non-hydrogen) atoms. The number of nitrogens with one attached hydrogen (secondary N) is 1. The molecule has 1 unspecified atom stereocenters. The highest BCUT2D eigenvalue weighted by atomic mass is 35.5. The van der Waals surface area contributed by atoms with Gasteiger partial charge in [-0.3, -0.25) is 10.1 Å². The van der Waals surface area contributed by atoms with Crippen LogP contribution in [0.4, 0.5) is 4.79 Å². The minimum absolute atomic E-state index is 0. The first-order valence-electron chi connectivity index (χ1n) is 3.31. The van der Waals surface area contributed by atoms with Gasteiger partial charge in [0.1, 0.15) is 0 Å². The summed E-state index contributed by atoms with van der Waals surface area (Å²) in [4.78, 5) is 21.4. The van der Waals surface area contributed by atoms with Crippen LogP contribution in [0.15, 0.2) is 0 Å². The topological polar surface area (TPSA) is 62.8 Å². The largest absolute Gasteiger partial charge is 1.00 e. The summed E-state index contributed by atoms with van der Waals surface area (Å²) in [6, 6.07) is -0.476. The molecule has 4 nitrogen and oxygen atoms in total. The minimum atomic E-state index is -0.260. The van der Waals surface area contributed by atoms with Crippen molar-refractivity contribution in [2.75, 3.05) is 0 Å². The maximum Gasteiger partial charge on any atom is 0.420 e. The highest BCUT2D eigenvalue weighted by molar-refractivity contribution is 5.97. The molecule has 0 radical (unpaired) electrons. The summed E-state index contributed by atoms with van der Waals surface area (Å²) in [7, 11) is 0. The molecule has 0 spiro atoms. The molecule has 3 amide bonds. The summed E-state index contributed by atoms with van der Waals surface area (Å²) < 4.78 is 0. The average Bonchev–Trinajstić information content (AvgIpc) is 2.10. The fourth-order valence-electron chi connectivity index (χ4n) is 0.980. The molecule has 0 bridgehead atoms. The Kier molecular flexibility index (Phi) is 6.34. The molecule has 6 heteroatoms. The second-order valence-electron chi connectivity index (χ2n) is 2.79. The van der Waals surface area contributed by atoms with Crippen molar-refractivity contribution in [2.24, 2.45) is 5.92 Å². The van der Waals surface area contributed by atoms with E-state index in [4.69, 9.17) is 0 Å². The molecule has 1 heterocycles. The Labute approximate surface area is 83.3 Å². The predicted molar refractivity (Wildman–Crippen MR) is 34.1 cm³/mol. The second kappa shape index (κ2) is 5.35. The maximum absolute atomic E-state index is 10.9. The van der Waals surface area contributed by atoms with Crippen molar-refractivity contribution in [2.45, 2.75) is 19.9 Å². The lowest BCUT2D eigenvalue weighted by molar-refractivity contribution is -0.577. The Hall–Kier alpha value is -0.320. The van der Waals surface area contributed by atoms with E-state index in [9.17, 15) is 9.59 Å². The number of carbonyl (C=O) groups is 2. The summed E-state index contributed by atoms with van der Waals surface area (Å²) in [6.45, 7) is 3.83. The molecule has 1 aliphatic heterocycles. The summed E-state index contributed by atoms with van der Waals surface area (Å²) in [6.07, 6.45) is 0. The Bertz CT molecular complexity index is 184. The monoisotopic (exact) mass is 213 g/mol. The predicted octanol–water partition coefficient (Wildman–Crippen LogP) is -7.17. The third-order valence-corrected chi connectivity index (χ3v) is 1.60. The number of primary amides is 1. The third-order valence-electron chi connectivity index (χ3n) is 1.60. The number of amides is 3. The van der Waals surface area contributed by atoms with E-state index < -0.39 is 0 Å². The van der Waals surface area contributed by atoms with Gasteiger partial charge in [0.15, 0.2) is 6.04 Å².